The third kappa shape index (κ3) is 3.39. The van der Waals surface area contributed by atoms with Crippen molar-refractivity contribution in [2.45, 2.75) is 20.4 Å². The SMILES string of the molecule is CCN(CC)Cc1cc2c(cc1O)OCC(c1ccc(O)cc1)=C2. The van der Waals surface area contributed by atoms with Gasteiger partial charge in [0, 0.05) is 23.7 Å². The van der Waals surface area contributed by atoms with E-state index in [0.29, 0.717) is 18.9 Å². The molecule has 3 rings (SSSR count). The maximum absolute atomic E-state index is 10.3. The molecule has 1 aliphatic rings. The van der Waals surface area contributed by atoms with Gasteiger partial charge in [-0.1, -0.05) is 26.0 Å². The Morgan fingerprint density at radius 1 is 1.04 bits per heavy atom. The van der Waals surface area contributed by atoms with Gasteiger partial charge in [-0.15, -0.1) is 0 Å². The average molecular weight is 325 g/mol. The number of benzene rings is 2. The number of aromatic hydroxyl groups is 2. The first-order chi connectivity index (χ1) is 11.6. The lowest BCUT2D eigenvalue weighted by atomic mass is 9.99. The smallest absolute Gasteiger partial charge is 0.130 e. The number of hydrogen-bond acceptors (Lipinski definition) is 4. The highest BCUT2D eigenvalue weighted by Gasteiger charge is 2.17. The first-order valence-electron chi connectivity index (χ1n) is 8.31. The molecule has 0 fully saturated rings. The van der Waals surface area contributed by atoms with Crippen LogP contribution in [0.2, 0.25) is 0 Å². The fourth-order valence-corrected chi connectivity index (χ4v) is 2.91. The van der Waals surface area contributed by atoms with Crippen LogP contribution in [0.1, 0.15) is 30.5 Å². The molecule has 2 aromatic carbocycles. The second-order valence-corrected chi connectivity index (χ2v) is 5.99. The number of nitrogens with zero attached hydrogens (tertiary/aromatic N) is 1. The summed E-state index contributed by atoms with van der Waals surface area (Å²) in [6.07, 6.45) is 2.09. The quantitative estimate of drug-likeness (QED) is 0.876. The van der Waals surface area contributed by atoms with E-state index < -0.39 is 0 Å². The van der Waals surface area contributed by atoms with Gasteiger partial charge in [0.25, 0.3) is 0 Å². The summed E-state index contributed by atoms with van der Waals surface area (Å²) in [6.45, 7) is 7.28. The van der Waals surface area contributed by atoms with Crippen molar-refractivity contribution < 1.29 is 14.9 Å². The molecule has 24 heavy (non-hydrogen) atoms. The molecule has 0 aliphatic carbocycles. The van der Waals surface area contributed by atoms with Gasteiger partial charge in [-0.3, -0.25) is 4.90 Å². The van der Waals surface area contributed by atoms with Gasteiger partial charge in [0.15, 0.2) is 0 Å². The Hall–Kier alpha value is -2.46. The van der Waals surface area contributed by atoms with Crippen molar-refractivity contribution in [2.75, 3.05) is 19.7 Å². The third-order valence-electron chi connectivity index (χ3n) is 4.45. The second-order valence-electron chi connectivity index (χ2n) is 5.99. The monoisotopic (exact) mass is 325 g/mol. The van der Waals surface area contributed by atoms with Gasteiger partial charge in [0.2, 0.25) is 0 Å². The molecule has 0 radical (unpaired) electrons. The zero-order valence-electron chi connectivity index (χ0n) is 14.1. The van der Waals surface area contributed by atoms with Crippen LogP contribution in [0.3, 0.4) is 0 Å². The minimum Gasteiger partial charge on any atom is -0.508 e. The van der Waals surface area contributed by atoms with Crippen LogP contribution >= 0.6 is 0 Å². The summed E-state index contributed by atoms with van der Waals surface area (Å²) < 4.78 is 5.81. The fraction of sp³-hybridized carbons (Fsp3) is 0.300. The normalized spacial score (nSPS) is 13.4. The minimum absolute atomic E-state index is 0.253. The molecule has 2 N–H and O–H groups in total. The van der Waals surface area contributed by atoms with Crippen LogP contribution < -0.4 is 4.74 Å². The summed E-state index contributed by atoms with van der Waals surface area (Å²) in [5, 5.41) is 19.7. The summed E-state index contributed by atoms with van der Waals surface area (Å²) in [4.78, 5) is 2.26. The van der Waals surface area contributed by atoms with E-state index in [1.807, 2.05) is 18.2 Å². The van der Waals surface area contributed by atoms with E-state index in [1.54, 1.807) is 18.2 Å². The molecule has 1 heterocycles. The van der Waals surface area contributed by atoms with Crippen LogP contribution in [0, 0.1) is 0 Å². The molecule has 0 spiro atoms. The van der Waals surface area contributed by atoms with E-state index in [2.05, 4.69) is 24.8 Å². The van der Waals surface area contributed by atoms with Crippen LogP contribution in [-0.4, -0.2) is 34.8 Å². The van der Waals surface area contributed by atoms with E-state index in [-0.39, 0.29) is 11.5 Å². The molecular weight excluding hydrogens is 302 g/mol. The molecule has 2 aromatic rings. The number of phenolic OH excluding ortho intramolecular Hbond substituents is 2. The Kier molecular flexibility index (Phi) is 4.76. The Labute approximate surface area is 142 Å². The molecule has 0 atom stereocenters. The van der Waals surface area contributed by atoms with Crippen molar-refractivity contribution in [3.8, 4) is 17.2 Å². The van der Waals surface area contributed by atoms with E-state index in [0.717, 1.165) is 35.4 Å². The zero-order valence-corrected chi connectivity index (χ0v) is 14.1. The summed E-state index contributed by atoms with van der Waals surface area (Å²) in [5.41, 5.74) is 3.97. The highest BCUT2D eigenvalue weighted by Crippen LogP contribution is 2.36. The van der Waals surface area contributed by atoms with Crippen molar-refractivity contribution in [2.24, 2.45) is 0 Å². The third-order valence-corrected chi connectivity index (χ3v) is 4.45. The molecule has 0 saturated carbocycles. The molecular formula is C20H23NO3. The van der Waals surface area contributed by atoms with Crippen molar-refractivity contribution in [3.63, 3.8) is 0 Å². The summed E-state index contributed by atoms with van der Waals surface area (Å²) in [7, 11) is 0. The van der Waals surface area contributed by atoms with E-state index in [1.165, 1.54) is 0 Å². The molecule has 0 aromatic heterocycles. The molecule has 0 unspecified atom stereocenters. The lowest BCUT2D eigenvalue weighted by Crippen LogP contribution is -2.22. The molecule has 4 heteroatoms. The fourth-order valence-electron chi connectivity index (χ4n) is 2.91. The van der Waals surface area contributed by atoms with Crippen LogP contribution in [-0.2, 0) is 6.54 Å². The molecule has 0 bridgehead atoms. The predicted octanol–water partition coefficient (Wildman–Crippen LogP) is 3.87. The lowest BCUT2D eigenvalue weighted by Gasteiger charge is -2.22. The molecule has 4 nitrogen and oxygen atoms in total. The van der Waals surface area contributed by atoms with Crippen LogP contribution in [0.15, 0.2) is 36.4 Å². The maximum atomic E-state index is 10.3. The van der Waals surface area contributed by atoms with Gasteiger partial charge >= 0.3 is 0 Å². The Balaban J connectivity index is 1.93. The van der Waals surface area contributed by atoms with Crippen molar-refractivity contribution >= 4 is 11.6 Å². The van der Waals surface area contributed by atoms with Gasteiger partial charge < -0.3 is 14.9 Å². The molecule has 1 aliphatic heterocycles. The van der Waals surface area contributed by atoms with E-state index in [9.17, 15) is 10.2 Å². The van der Waals surface area contributed by atoms with Crippen molar-refractivity contribution in [1.29, 1.82) is 0 Å². The van der Waals surface area contributed by atoms with Crippen molar-refractivity contribution in [3.05, 3.63) is 53.1 Å². The highest BCUT2D eigenvalue weighted by atomic mass is 16.5. The first kappa shape index (κ1) is 16.4. The number of hydrogen-bond donors (Lipinski definition) is 2. The highest BCUT2D eigenvalue weighted by molar-refractivity contribution is 5.86. The minimum atomic E-state index is 0.253. The zero-order chi connectivity index (χ0) is 17.1. The van der Waals surface area contributed by atoms with Gasteiger partial charge in [-0.25, -0.2) is 0 Å². The van der Waals surface area contributed by atoms with Crippen molar-refractivity contribution in [1.82, 2.24) is 4.90 Å². The van der Waals surface area contributed by atoms with Gasteiger partial charge in [0.1, 0.15) is 23.9 Å². The largest absolute Gasteiger partial charge is 0.508 e. The number of fused-ring (bicyclic) bond motifs is 1. The topological polar surface area (TPSA) is 52.9 Å². The first-order valence-corrected chi connectivity index (χ1v) is 8.31. The Bertz CT molecular complexity index is 746. The number of ether oxygens (including phenoxy) is 1. The molecule has 0 amide bonds. The Morgan fingerprint density at radius 2 is 1.75 bits per heavy atom. The lowest BCUT2D eigenvalue weighted by molar-refractivity contribution is 0.290. The second kappa shape index (κ2) is 6.97. The van der Waals surface area contributed by atoms with Crippen LogP contribution in [0.5, 0.6) is 17.2 Å². The standard InChI is InChI=1S/C20H23NO3/c1-3-21(4-2)12-16-9-15-10-17(13-24-20(15)11-19(16)23)14-5-7-18(22)8-6-14/h5-11,22-23H,3-4,12-13H2,1-2H3. The molecule has 0 saturated heterocycles. The van der Waals surface area contributed by atoms with Gasteiger partial charge in [-0.05, 0) is 48.5 Å². The maximum Gasteiger partial charge on any atom is 0.130 e. The Morgan fingerprint density at radius 3 is 2.42 bits per heavy atom. The average Bonchev–Trinajstić information content (AvgIpc) is 2.60. The summed E-state index contributed by atoms with van der Waals surface area (Å²) in [5.74, 6) is 1.24. The number of rotatable bonds is 5. The van der Waals surface area contributed by atoms with Crippen LogP contribution in [0.25, 0.3) is 11.6 Å². The van der Waals surface area contributed by atoms with Crippen LogP contribution in [0.4, 0.5) is 0 Å². The van der Waals surface area contributed by atoms with E-state index in [4.69, 9.17) is 4.74 Å². The number of phenols is 2. The van der Waals surface area contributed by atoms with E-state index >= 15 is 0 Å². The molecule has 126 valence electrons. The predicted molar refractivity (Wildman–Crippen MR) is 96.2 cm³/mol. The van der Waals surface area contributed by atoms with Gasteiger partial charge in [-0.2, -0.15) is 0 Å². The summed E-state index contributed by atoms with van der Waals surface area (Å²) >= 11 is 0. The van der Waals surface area contributed by atoms with Gasteiger partial charge in [0.05, 0.1) is 0 Å². The summed E-state index contributed by atoms with van der Waals surface area (Å²) in [6, 6.07) is 10.8.